The lowest BCUT2D eigenvalue weighted by Gasteiger charge is -2.22. The summed E-state index contributed by atoms with van der Waals surface area (Å²) in [7, 11) is 0. The maximum Gasteiger partial charge on any atom is 0.272 e. The highest BCUT2D eigenvalue weighted by Gasteiger charge is 2.31. The van der Waals surface area contributed by atoms with Crippen molar-refractivity contribution < 1.29 is 18.3 Å². The van der Waals surface area contributed by atoms with Crippen LogP contribution < -0.4 is 10.1 Å². The zero-order chi connectivity index (χ0) is 24.6. The van der Waals surface area contributed by atoms with E-state index >= 15 is 0 Å². The van der Waals surface area contributed by atoms with Crippen LogP contribution in [0, 0.1) is 0 Å². The van der Waals surface area contributed by atoms with Crippen LogP contribution in [0.15, 0.2) is 36.4 Å². The van der Waals surface area contributed by atoms with Crippen LogP contribution in [0.5, 0.6) is 11.5 Å². The third kappa shape index (κ3) is 4.57. The van der Waals surface area contributed by atoms with Crippen LogP contribution >= 0.6 is 11.3 Å². The van der Waals surface area contributed by atoms with Crippen LogP contribution in [-0.4, -0.2) is 26.5 Å². The van der Waals surface area contributed by atoms with Crippen LogP contribution in [0.25, 0.3) is 10.1 Å². The lowest BCUT2D eigenvalue weighted by Crippen LogP contribution is -2.12. The van der Waals surface area contributed by atoms with Crippen molar-refractivity contribution in [2.45, 2.75) is 63.2 Å². The van der Waals surface area contributed by atoms with E-state index in [4.69, 9.17) is 4.74 Å². The Morgan fingerprint density at radius 1 is 1.06 bits per heavy atom. The molecular weight excluding hydrogens is 484 g/mol. The standard InChI is InChI=1S/C26H25F2N5O2S/c27-24(28)19-12-20-21(13-18(19)16-6-7-16)36-23(25(34)29-26-30-32-33-31-26)22(20)35-17-10-8-15(9-11-17)14-4-2-1-3-5-14/h8-14,16,24H,1-7H2,(H2,29,30,31,32,33,34). The van der Waals surface area contributed by atoms with E-state index in [0.717, 1.165) is 17.5 Å². The molecule has 2 saturated carbocycles. The molecule has 0 unspecified atom stereocenters. The highest BCUT2D eigenvalue weighted by atomic mass is 32.1. The van der Waals surface area contributed by atoms with Crippen molar-refractivity contribution >= 4 is 33.3 Å². The van der Waals surface area contributed by atoms with E-state index in [9.17, 15) is 13.6 Å². The minimum Gasteiger partial charge on any atom is -0.455 e. The number of amides is 1. The number of hydrogen-bond acceptors (Lipinski definition) is 6. The normalized spacial score (nSPS) is 16.5. The van der Waals surface area contributed by atoms with Crippen molar-refractivity contribution in [3.05, 3.63) is 58.0 Å². The molecule has 0 spiro atoms. The number of rotatable bonds is 7. The van der Waals surface area contributed by atoms with Crippen LogP contribution in [0.1, 0.15) is 89.6 Å². The van der Waals surface area contributed by atoms with Gasteiger partial charge in [0.05, 0.1) is 0 Å². The Morgan fingerprint density at radius 2 is 1.83 bits per heavy atom. The van der Waals surface area contributed by atoms with Crippen LogP contribution in [-0.2, 0) is 0 Å². The summed E-state index contributed by atoms with van der Waals surface area (Å²) in [5.74, 6) is 1.04. The number of nitrogens with one attached hydrogen (secondary N) is 2. The summed E-state index contributed by atoms with van der Waals surface area (Å²) < 4.78 is 35.0. The molecule has 0 atom stereocenters. The molecule has 36 heavy (non-hydrogen) atoms. The molecule has 2 heterocycles. The zero-order valence-electron chi connectivity index (χ0n) is 19.5. The van der Waals surface area contributed by atoms with E-state index in [0.29, 0.717) is 22.6 Å². The predicted octanol–water partition coefficient (Wildman–Crippen LogP) is 7.32. The summed E-state index contributed by atoms with van der Waals surface area (Å²) >= 11 is 1.21. The molecule has 6 rings (SSSR count). The van der Waals surface area contributed by atoms with E-state index in [-0.39, 0.29) is 28.1 Å². The van der Waals surface area contributed by atoms with Gasteiger partial charge in [0.2, 0.25) is 0 Å². The number of fused-ring (bicyclic) bond motifs is 1. The SMILES string of the molecule is O=C(Nc1nn[nH]n1)c1sc2cc(C3CC3)c(C(F)F)cc2c1Oc1ccc(C2CCCCC2)cc1. The minimum atomic E-state index is -2.61. The topological polar surface area (TPSA) is 92.8 Å². The van der Waals surface area contributed by atoms with Gasteiger partial charge in [-0.25, -0.2) is 8.78 Å². The van der Waals surface area contributed by atoms with Crippen molar-refractivity contribution in [1.29, 1.82) is 0 Å². The van der Waals surface area contributed by atoms with Gasteiger partial charge < -0.3 is 4.74 Å². The number of anilines is 1. The second-order valence-corrected chi connectivity index (χ2v) is 10.6. The molecule has 7 nitrogen and oxygen atoms in total. The maximum atomic E-state index is 14.0. The summed E-state index contributed by atoms with van der Waals surface area (Å²) in [6.45, 7) is 0. The minimum absolute atomic E-state index is 0.00502. The van der Waals surface area contributed by atoms with E-state index in [1.165, 1.54) is 55.1 Å². The predicted molar refractivity (Wildman–Crippen MR) is 133 cm³/mol. The second-order valence-electron chi connectivity index (χ2n) is 9.51. The number of H-pyrrole nitrogens is 1. The molecule has 0 saturated heterocycles. The summed E-state index contributed by atoms with van der Waals surface area (Å²) in [4.78, 5) is 13.4. The molecule has 0 aliphatic heterocycles. The van der Waals surface area contributed by atoms with Crippen LogP contribution in [0.4, 0.5) is 14.7 Å². The number of alkyl halides is 2. The van der Waals surface area contributed by atoms with Gasteiger partial charge in [-0.3, -0.25) is 10.1 Å². The number of ether oxygens (including phenoxy) is 1. The molecule has 10 heteroatoms. The van der Waals surface area contributed by atoms with Crippen molar-refractivity contribution in [2.24, 2.45) is 0 Å². The smallest absolute Gasteiger partial charge is 0.272 e. The van der Waals surface area contributed by atoms with E-state index in [1.54, 1.807) is 6.07 Å². The lowest BCUT2D eigenvalue weighted by atomic mass is 9.84. The maximum absolute atomic E-state index is 14.0. The molecule has 2 aromatic carbocycles. The summed E-state index contributed by atoms with van der Waals surface area (Å²) in [6.07, 6.45) is 5.36. The Kier molecular flexibility index (Phi) is 6.12. The molecule has 2 aromatic heterocycles. The van der Waals surface area contributed by atoms with E-state index < -0.39 is 12.3 Å². The number of halogens is 2. The molecule has 2 fully saturated rings. The molecule has 1 amide bonds. The van der Waals surface area contributed by atoms with E-state index in [1.807, 2.05) is 12.1 Å². The Balaban J connectivity index is 1.38. The highest BCUT2D eigenvalue weighted by molar-refractivity contribution is 7.21. The van der Waals surface area contributed by atoms with Gasteiger partial charge in [-0.1, -0.05) is 36.5 Å². The lowest BCUT2D eigenvalue weighted by molar-refractivity contribution is 0.102. The first kappa shape index (κ1) is 23.0. The summed E-state index contributed by atoms with van der Waals surface area (Å²) in [5.41, 5.74) is 1.94. The van der Waals surface area contributed by atoms with Gasteiger partial charge >= 0.3 is 0 Å². The number of carbonyl (C=O) groups is 1. The third-order valence-corrected chi connectivity index (χ3v) is 8.19. The van der Waals surface area contributed by atoms with E-state index in [2.05, 4.69) is 38.1 Å². The van der Waals surface area contributed by atoms with Gasteiger partial charge in [0, 0.05) is 15.6 Å². The number of thiophene rings is 1. The first-order valence-electron chi connectivity index (χ1n) is 12.3. The number of carbonyl (C=O) groups excluding carboxylic acids is 1. The van der Waals surface area contributed by atoms with Gasteiger partial charge in [-0.05, 0) is 78.1 Å². The van der Waals surface area contributed by atoms with Crippen LogP contribution in [0.3, 0.4) is 0 Å². The third-order valence-electron chi connectivity index (χ3n) is 7.05. The Hall–Kier alpha value is -3.40. The Morgan fingerprint density at radius 3 is 2.50 bits per heavy atom. The average Bonchev–Trinajstić information content (AvgIpc) is 3.51. The number of tetrazole rings is 1. The zero-order valence-corrected chi connectivity index (χ0v) is 20.3. The quantitative estimate of drug-likeness (QED) is 0.272. The van der Waals surface area contributed by atoms with Gasteiger partial charge in [0.25, 0.3) is 18.3 Å². The number of hydrogen-bond donors (Lipinski definition) is 2. The summed E-state index contributed by atoms with van der Waals surface area (Å²) in [5, 5.41) is 16.4. The van der Waals surface area contributed by atoms with Crippen molar-refractivity contribution in [3.8, 4) is 11.5 Å². The van der Waals surface area contributed by atoms with Crippen molar-refractivity contribution in [2.75, 3.05) is 5.32 Å². The monoisotopic (exact) mass is 509 g/mol. The fourth-order valence-electron chi connectivity index (χ4n) is 5.08. The molecule has 2 aliphatic carbocycles. The Bertz CT molecular complexity index is 1380. The molecular formula is C26H25F2N5O2S. The van der Waals surface area contributed by atoms with Gasteiger partial charge in [0.15, 0.2) is 5.75 Å². The fraction of sp³-hybridized carbons (Fsp3) is 0.385. The largest absolute Gasteiger partial charge is 0.455 e. The fourth-order valence-corrected chi connectivity index (χ4v) is 6.13. The second kappa shape index (κ2) is 9.57. The Labute approximate surface area is 210 Å². The molecule has 186 valence electrons. The first-order valence-corrected chi connectivity index (χ1v) is 13.1. The number of aromatic amines is 1. The summed E-state index contributed by atoms with van der Waals surface area (Å²) in [6, 6.07) is 11.2. The molecule has 2 N–H and O–H groups in total. The van der Waals surface area contributed by atoms with Crippen molar-refractivity contribution in [1.82, 2.24) is 20.6 Å². The molecule has 0 bridgehead atoms. The first-order chi connectivity index (χ1) is 17.6. The average molecular weight is 510 g/mol. The van der Waals surface area contributed by atoms with Crippen LogP contribution in [0.2, 0.25) is 0 Å². The van der Waals surface area contributed by atoms with Gasteiger partial charge in [0.1, 0.15) is 10.6 Å². The number of benzene rings is 2. The molecule has 0 radical (unpaired) electrons. The van der Waals surface area contributed by atoms with Gasteiger partial charge in [-0.15, -0.1) is 16.4 Å². The molecule has 2 aliphatic rings. The number of nitrogens with zero attached hydrogens (tertiary/aromatic N) is 3. The van der Waals surface area contributed by atoms with Crippen molar-refractivity contribution in [3.63, 3.8) is 0 Å². The molecule has 4 aromatic rings. The van der Waals surface area contributed by atoms with Gasteiger partial charge in [-0.2, -0.15) is 5.21 Å². The highest BCUT2D eigenvalue weighted by Crippen LogP contribution is 2.49. The number of aromatic nitrogens is 4.